The molecular weight excluding hydrogens is 390 g/mol. The standard InChI is InChI=1S/C26H33NO4/c1-7-31-20-9-8-15(10-21(20)30-6)22-23-16(11-25(2,3)13-18(23)28)27-17-12-26(4,5)14-19(29)24(17)22/h8-10,22-23H,7,11-14H2,1-6H3/t22-,23?/m1/s1. The van der Waals surface area contributed by atoms with Crippen molar-refractivity contribution in [1.29, 1.82) is 0 Å². The van der Waals surface area contributed by atoms with Gasteiger partial charge in [0.1, 0.15) is 5.78 Å². The predicted molar refractivity (Wildman–Crippen MR) is 121 cm³/mol. The normalized spacial score (nSPS) is 26.7. The summed E-state index contributed by atoms with van der Waals surface area (Å²) >= 11 is 0. The molecule has 1 aromatic carbocycles. The van der Waals surface area contributed by atoms with Crippen LogP contribution in [0.4, 0.5) is 0 Å². The molecule has 3 aliphatic rings. The Morgan fingerprint density at radius 3 is 2.35 bits per heavy atom. The number of carbonyl (C=O) groups is 2. The van der Waals surface area contributed by atoms with E-state index in [9.17, 15) is 9.59 Å². The van der Waals surface area contributed by atoms with Crippen molar-refractivity contribution in [2.45, 2.75) is 66.2 Å². The first-order valence-electron chi connectivity index (χ1n) is 11.2. The molecule has 1 aromatic rings. The minimum absolute atomic E-state index is 0.111. The number of carbonyl (C=O) groups excluding carboxylic acids is 2. The van der Waals surface area contributed by atoms with Crippen molar-refractivity contribution in [3.63, 3.8) is 0 Å². The molecule has 0 saturated heterocycles. The number of methoxy groups -OCH3 is 1. The zero-order chi connectivity index (χ0) is 22.6. The summed E-state index contributed by atoms with van der Waals surface area (Å²) in [4.78, 5) is 31.7. The molecule has 0 bridgehead atoms. The van der Waals surface area contributed by atoms with Gasteiger partial charge in [0.2, 0.25) is 0 Å². The van der Waals surface area contributed by atoms with Crippen LogP contribution in [0.2, 0.25) is 0 Å². The van der Waals surface area contributed by atoms with E-state index in [4.69, 9.17) is 14.5 Å². The Bertz CT molecular complexity index is 999. The van der Waals surface area contributed by atoms with Gasteiger partial charge in [0.25, 0.3) is 0 Å². The van der Waals surface area contributed by atoms with E-state index in [0.29, 0.717) is 30.9 Å². The number of rotatable bonds is 4. The highest BCUT2D eigenvalue weighted by Gasteiger charge is 2.49. The van der Waals surface area contributed by atoms with Crippen LogP contribution in [0.15, 0.2) is 34.5 Å². The smallest absolute Gasteiger partial charge is 0.161 e. The van der Waals surface area contributed by atoms with Crippen LogP contribution in [0.25, 0.3) is 0 Å². The highest BCUT2D eigenvalue weighted by atomic mass is 16.5. The highest BCUT2D eigenvalue weighted by Crippen LogP contribution is 2.52. The van der Waals surface area contributed by atoms with Crippen molar-refractivity contribution in [2.24, 2.45) is 21.7 Å². The van der Waals surface area contributed by atoms with Crippen LogP contribution in [-0.2, 0) is 9.59 Å². The van der Waals surface area contributed by atoms with Gasteiger partial charge in [-0.25, -0.2) is 0 Å². The largest absolute Gasteiger partial charge is 0.493 e. The zero-order valence-corrected chi connectivity index (χ0v) is 19.5. The van der Waals surface area contributed by atoms with Crippen molar-refractivity contribution in [3.8, 4) is 11.5 Å². The summed E-state index contributed by atoms with van der Waals surface area (Å²) in [5, 5.41) is 0. The van der Waals surface area contributed by atoms with E-state index in [1.165, 1.54) is 0 Å². The van der Waals surface area contributed by atoms with Crippen molar-refractivity contribution < 1.29 is 19.1 Å². The minimum Gasteiger partial charge on any atom is -0.493 e. The van der Waals surface area contributed by atoms with E-state index in [2.05, 4.69) is 27.7 Å². The number of nitrogens with zero attached hydrogens (tertiary/aromatic N) is 1. The lowest BCUT2D eigenvalue weighted by molar-refractivity contribution is -0.124. The van der Waals surface area contributed by atoms with Gasteiger partial charge >= 0.3 is 0 Å². The SMILES string of the molecule is CCOc1ccc([C@H]2C3=C(CC(C)(C)CC3=O)N=C3CC(C)(C)CC(=O)C32)cc1OC. The number of allylic oxidation sites excluding steroid dienone is 2. The third kappa shape index (κ3) is 3.95. The number of aliphatic imine (C=N–C) groups is 1. The number of ketones is 2. The van der Waals surface area contributed by atoms with Crippen LogP contribution < -0.4 is 9.47 Å². The summed E-state index contributed by atoms with van der Waals surface area (Å²) in [6.45, 7) is 10.9. The second-order valence-electron chi connectivity index (χ2n) is 10.7. The number of ether oxygens (including phenoxy) is 2. The van der Waals surface area contributed by atoms with Gasteiger partial charge in [-0.15, -0.1) is 0 Å². The molecule has 166 valence electrons. The zero-order valence-electron chi connectivity index (χ0n) is 19.5. The van der Waals surface area contributed by atoms with Crippen molar-refractivity contribution in [3.05, 3.63) is 35.0 Å². The van der Waals surface area contributed by atoms with Gasteiger partial charge in [0, 0.05) is 35.7 Å². The number of benzene rings is 1. The Morgan fingerprint density at radius 1 is 0.968 bits per heavy atom. The molecule has 0 N–H and O–H groups in total. The summed E-state index contributed by atoms with van der Waals surface area (Å²) in [6, 6.07) is 5.80. The lowest BCUT2D eigenvalue weighted by atomic mass is 9.60. The van der Waals surface area contributed by atoms with Gasteiger partial charge in [-0.3, -0.25) is 14.6 Å². The molecule has 1 aliphatic heterocycles. The lowest BCUT2D eigenvalue weighted by Gasteiger charge is -2.44. The van der Waals surface area contributed by atoms with Gasteiger partial charge in [0.05, 0.1) is 19.6 Å². The van der Waals surface area contributed by atoms with Crippen molar-refractivity contribution in [2.75, 3.05) is 13.7 Å². The molecule has 0 spiro atoms. The van der Waals surface area contributed by atoms with E-state index in [-0.39, 0.29) is 34.2 Å². The molecule has 5 heteroatoms. The molecule has 0 amide bonds. The highest BCUT2D eigenvalue weighted by molar-refractivity contribution is 6.13. The number of hydrogen-bond acceptors (Lipinski definition) is 5. The fourth-order valence-corrected chi connectivity index (χ4v) is 5.52. The fraction of sp³-hybridized carbons (Fsp3) is 0.577. The van der Waals surface area contributed by atoms with Crippen LogP contribution in [0, 0.1) is 16.7 Å². The van der Waals surface area contributed by atoms with Crippen LogP contribution in [0.5, 0.6) is 11.5 Å². The first kappa shape index (κ1) is 21.8. The monoisotopic (exact) mass is 423 g/mol. The lowest BCUT2D eigenvalue weighted by Crippen LogP contribution is -2.45. The van der Waals surface area contributed by atoms with E-state index < -0.39 is 0 Å². The average molecular weight is 424 g/mol. The maximum Gasteiger partial charge on any atom is 0.161 e. The molecule has 0 radical (unpaired) electrons. The van der Waals surface area contributed by atoms with Crippen molar-refractivity contribution in [1.82, 2.24) is 0 Å². The third-order valence-electron chi connectivity index (χ3n) is 6.68. The van der Waals surface area contributed by atoms with Gasteiger partial charge in [0.15, 0.2) is 17.3 Å². The second kappa shape index (κ2) is 7.61. The first-order chi connectivity index (χ1) is 14.5. The van der Waals surface area contributed by atoms with E-state index in [1.807, 2.05) is 25.1 Å². The van der Waals surface area contributed by atoms with E-state index in [1.54, 1.807) is 7.11 Å². The maximum absolute atomic E-state index is 13.4. The third-order valence-corrected chi connectivity index (χ3v) is 6.68. The fourth-order valence-electron chi connectivity index (χ4n) is 5.52. The molecule has 1 fully saturated rings. The molecule has 0 aromatic heterocycles. The topological polar surface area (TPSA) is 65.0 Å². The average Bonchev–Trinajstić information content (AvgIpc) is 2.65. The predicted octanol–water partition coefficient (Wildman–Crippen LogP) is 5.28. The summed E-state index contributed by atoms with van der Waals surface area (Å²) in [6.07, 6.45) is 2.51. The molecular formula is C26H33NO4. The van der Waals surface area contributed by atoms with Gasteiger partial charge < -0.3 is 9.47 Å². The quantitative estimate of drug-likeness (QED) is 0.661. The number of Topliss-reactive ketones (excluding diaryl/α,β-unsaturated/α-hetero) is 2. The Hall–Kier alpha value is -2.43. The Morgan fingerprint density at radius 2 is 1.68 bits per heavy atom. The molecule has 2 aliphatic carbocycles. The van der Waals surface area contributed by atoms with Crippen molar-refractivity contribution >= 4 is 17.3 Å². The Kier molecular flexibility index (Phi) is 5.35. The van der Waals surface area contributed by atoms with Crippen LogP contribution >= 0.6 is 0 Å². The second-order valence-corrected chi connectivity index (χ2v) is 10.7. The number of fused-ring (bicyclic) bond motifs is 1. The molecule has 2 atom stereocenters. The maximum atomic E-state index is 13.4. The van der Waals surface area contributed by atoms with Gasteiger partial charge in [-0.05, 0) is 48.3 Å². The van der Waals surface area contributed by atoms with Crippen LogP contribution in [0.1, 0.15) is 71.8 Å². The Balaban J connectivity index is 1.89. The summed E-state index contributed by atoms with van der Waals surface area (Å²) in [7, 11) is 1.61. The van der Waals surface area contributed by atoms with Crippen LogP contribution in [-0.4, -0.2) is 31.0 Å². The minimum atomic E-state index is -0.375. The van der Waals surface area contributed by atoms with Gasteiger partial charge in [-0.1, -0.05) is 33.8 Å². The molecule has 1 saturated carbocycles. The summed E-state index contributed by atoms with van der Waals surface area (Å²) in [5.41, 5.74) is 3.22. The van der Waals surface area contributed by atoms with E-state index >= 15 is 0 Å². The van der Waals surface area contributed by atoms with E-state index in [0.717, 1.165) is 35.4 Å². The molecule has 1 heterocycles. The Labute approximate surface area is 184 Å². The molecule has 31 heavy (non-hydrogen) atoms. The molecule has 4 rings (SSSR count). The van der Waals surface area contributed by atoms with Gasteiger partial charge in [-0.2, -0.15) is 0 Å². The number of hydrogen-bond donors (Lipinski definition) is 0. The molecule has 5 nitrogen and oxygen atoms in total. The molecule has 1 unspecified atom stereocenters. The first-order valence-corrected chi connectivity index (χ1v) is 11.2. The van der Waals surface area contributed by atoms with Crippen LogP contribution in [0.3, 0.4) is 0 Å². The summed E-state index contributed by atoms with van der Waals surface area (Å²) in [5.74, 6) is 0.901. The summed E-state index contributed by atoms with van der Waals surface area (Å²) < 4.78 is 11.3.